The van der Waals surface area contributed by atoms with Crippen LogP contribution in [-0.2, 0) is 0 Å². The molecule has 7 heteroatoms. The highest BCUT2D eigenvalue weighted by Crippen LogP contribution is 2.22. The van der Waals surface area contributed by atoms with E-state index in [9.17, 15) is 9.59 Å². The normalized spacial score (nSPS) is 22.6. The number of carbonyl (C=O) groups excluding carboxylic acids is 2. The van der Waals surface area contributed by atoms with E-state index in [1.807, 2.05) is 35.2 Å². The maximum atomic E-state index is 12.9. The second-order valence-corrected chi connectivity index (χ2v) is 6.70. The van der Waals surface area contributed by atoms with Crippen LogP contribution >= 0.6 is 0 Å². The molecule has 0 aliphatic carbocycles. The van der Waals surface area contributed by atoms with E-state index in [-0.39, 0.29) is 17.3 Å². The van der Waals surface area contributed by atoms with Crippen molar-refractivity contribution >= 4 is 11.8 Å². The first-order valence-electron chi connectivity index (χ1n) is 8.62. The summed E-state index contributed by atoms with van der Waals surface area (Å²) in [4.78, 5) is 26.5. The fourth-order valence-corrected chi connectivity index (χ4v) is 3.72. The standard InChI is InChI=1S/C18H21N5O2/c19-17(24)16-10-15(21-23(16)14-4-2-1-3-5-14)18(25)22-9-8-12-6-7-13(11-22)20-12/h1-5,10,12-13,20H,6-9,11H2,(H2,19,24). The summed E-state index contributed by atoms with van der Waals surface area (Å²) in [5.41, 5.74) is 6.66. The molecular weight excluding hydrogens is 318 g/mol. The number of primary amides is 1. The number of benzene rings is 1. The summed E-state index contributed by atoms with van der Waals surface area (Å²) < 4.78 is 1.44. The molecule has 2 saturated heterocycles. The quantitative estimate of drug-likeness (QED) is 0.870. The zero-order valence-corrected chi connectivity index (χ0v) is 13.9. The minimum absolute atomic E-state index is 0.147. The van der Waals surface area contributed by atoms with Crippen LogP contribution in [0.2, 0.25) is 0 Å². The third kappa shape index (κ3) is 3.02. The summed E-state index contributed by atoms with van der Waals surface area (Å²) in [6.07, 6.45) is 3.23. The summed E-state index contributed by atoms with van der Waals surface area (Å²) in [7, 11) is 0. The molecule has 0 saturated carbocycles. The van der Waals surface area contributed by atoms with Gasteiger partial charge in [-0.1, -0.05) is 18.2 Å². The van der Waals surface area contributed by atoms with E-state index in [2.05, 4.69) is 10.4 Å². The molecule has 7 nitrogen and oxygen atoms in total. The van der Waals surface area contributed by atoms with Crippen molar-refractivity contribution < 1.29 is 9.59 Å². The van der Waals surface area contributed by atoms with E-state index in [1.54, 1.807) is 0 Å². The van der Waals surface area contributed by atoms with Crippen molar-refractivity contribution in [3.63, 3.8) is 0 Å². The number of rotatable bonds is 3. The van der Waals surface area contributed by atoms with Gasteiger partial charge in [-0.25, -0.2) is 4.68 Å². The van der Waals surface area contributed by atoms with Gasteiger partial charge >= 0.3 is 0 Å². The van der Waals surface area contributed by atoms with Crippen molar-refractivity contribution in [3.05, 3.63) is 47.8 Å². The molecule has 25 heavy (non-hydrogen) atoms. The predicted molar refractivity (Wildman–Crippen MR) is 92.5 cm³/mol. The van der Waals surface area contributed by atoms with Gasteiger partial charge < -0.3 is 16.0 Å². The Labute approximate surface area is 145 Å². The number of nitrogens with two attached hydrogens (primary N) is 1. The number of amides is 2. The summed E-state index contributed by atoms with van der Waals surface area (Å²) >= 11 is 0. The molecule has 2 unspecified atom stereocenters. The van der Waals surface area contributed by atoms with E-state index in [0.29, 0.717) is 30.9 Å². The van der Waals surface area contributed by atoms with Gasteiger partial charge in [-0.15, -0.1) is 0 Å². The van der Waals surface area contributed by atoms with Gasteiger partial charge in [-0.05, 0) is 31.4 Å². The minimum atomic E-state index is -0.605. The number of para-hydroxylation sites is 1. The molecule has 2 atom stereocenters. The van der Waals surface area contributed by atoms with E-state index in [0.717, 1.165) is 12.8 Å². The number of hydrogen-bond acceptors (Lipinski definition) is 4. The molecule has 130 valence electrons. The summed E-state index contributed by atoms with van der Waals surface area (Å²) in [5.74, 6) is -0.751. The number of nitrogens with one attached hydrogen (secondary N) is 1. The lowest BCUT2D eigenvalue weighted by Gasteiger charge is -2.23. The van der Waals surface area contributed by atoms with E-state index in [1.165, 1.54) is 17.2 Å². The van der Waals surface area contributed by atoms with Crippen molar-refractivity contribution in [1.82, 2.24) is 20.0 Å². The van der Waals surface area contributed by atoms with Crippen molar-refractivity contribution in [2.24, 2.45) is 5.73 Å². The molecule has 1 aromatic carbocycles. The Hall–Kier alpha value is -2.67. The number of likely N-dealkylation sites (tertiary alicyclic amines) is 1. The average molecular weight is 339 g/mol. The van der Waals surface area contributed by atoms with Crippen LogP contribution in [0.15, 0.2) is 36.4 Å². The highest BCUT2D eigenvalue weighted by molar-refractivity contribution is 5.97. The fourth-order valence-electron chi connectivity index (χ4n) is 3.72. The van der Waals surface area contributed by atoms with Gasteiger partial charge in [0.1, 0.15) is 5.69 Å². The van der Waals surface area contributed by atoms with Gasteiger partial charge in [0.25, 0.3) is 11.8 Å². The third-order valence-electron chi connectivity index (χ3n) is 4.99. The Bertz CT molecular complexity index is 801. The Morgan fingerprint density at radius 2 is 1.88 bits per heavy atom. The molecule has 0 radical (unpaired) electrons. The maximum Gasteiger partial charge on any atom is 0.274 e. The molecule has 2 fully saturated rings. The smallest absolute Gasteiger partial charge is 0.274 e. The van der Waals surface area contributed by atoms with Gasteiger partial charge in [0.05, 0.1) is 5.69 Å². The van der Waals surface area contributed by atoms with Crippen LogP contribution in [-0.4, -0.2) is 51.7 Å². The molecule has 1 aromatic heterocycles. The molecule has 2 aliphatic rings. The van der Waals surface area contributed by atoms with Gasteiger partial charge in [-0.2, -0.15) is 5.10 Å². The molecule has 4 rings (SSSR count). The maximum absolute atomic E-state index is 12.9. The van der Waals surface area contributed by atoms with Crippen LogP contribution < -0.4 is 11.1 Å². The van der Waals surface area contributed by atoms with Crippen LogP contribution in [0, 0.1) is 0 Å². The van der Waals surface area contributed by atoms with Crippen LogP contribution in [0.25, 0.3) is 5.69 Å². The molecular formula is C18H21N5O2. The number of hydrogen-bond donors (Lipinski definition) is 2. The average Bonchev–Trinajstić information content (AvgIpc) is 3.19. The van der Waals surface area contributed by atoms with E-state index >= 15 is 0 Å². The molecule has 2 aromatic rings. The van der Waals surface area contributed by atoms with Gasteiger partial charge in [0.2, 0.25) is 0 Å². The molecule has 2 aliphatic heterocycles. The number of aromatic nitrogens is 2. The lowest BCUT2D eigenvalue weighted by molar-refractivity contribution is 0.0741. The Balaban J connectivity index is 1.64. The zero-order chi connectivity index (χ0) is 17.4. The van der Waals surface area contributed by atoms with Gasteiger partial charge in [0, 0.05) is 31.2 Å². The summed E-state index contributed by atoms with van der Waals surface area (Å²) in [5, 5.41) is 7.93. The lowest BCUT2D eigenvalue weighted by Crippen LogP contribution is -2.39. The van der Waals surface area contributed by atoms with Crippen molar-refractivity contribution in [3.8, 4) is 5.69 Å². The van der Waals surface area contributed by atoms with E-state index < -0.39 is 5.91 Å². The first-order valence-corrected chi connectivity index (χ1v) is 8.62. The second kappa shape index (κ2) is 6.33. The second-order valence-electron chi connectivity index (χ2n) is 6.70. The van der Waals surface area contributed by atoms with Crippen molar-refractivity contribution in [2.45, 2.75) is 31.3 Å². The zero-order valence-electron chi connectivity index (χ0n) is 13.9. The number of fused-ring (bicyclic) bond motifs is 2. The first-order chi connectivity index (χ1) is 12.1. The summed E-state index contributed by atoms with van der Waals surface area (Å²) in [6, 6.07) is 11.6. The first kappa shape index (κ1) is 15.8. The lowest BCUT2D eigenvalue weighted by atomic mass is 10.1. The van der Waals surface area contributed by atoms with Crippen molar-refractivity contribution in [1.29, 1.82) is 0 Å². The van der Waals surface area contributed by atoms with E-state index in [4.69, 9.17) is 5.73 Å². The number of nitrogens with zero attached hydrogens (tertiary/aromatic N) is 3. The molecule has 2 bridgehead atoms. The van der Waals surface area contributed by atoms with Gasteiger partial charge in [0.15, 0.2) is 5.69 Å². The fraction of sp³-hybridized carbons (Fsp3) is 0.389. The molecule has 3 heterocycles. The molecule has 3 N–H and O–H groups in total. The predicted octanol–water partition coefficient (Wildman–Crippen LogP) is 0.938. The largest absolute Gasteiger partial charge is 0.364 e. The Morgan fingerprint density at radius 1 is 1.12 bits per heavy atom. The third-order valence-corrected chi connectivity index (χ3v) is 4.99. The van der Waals surface area contributed by atoms with Crippen molar-refractivity contribution in [2.75, 3.05) is 13.1 Å². The Kier molecular flexibility index (Phi) is 4.01. The summed E-state index contributed by atoms with van der Waals surface area (Å²) in [6.45, 7) is 1.39. The molecule has 0 spiro atoms. The van der Waals surface area contributed by atoms with Crippen LogP contribution in [0.3, 0.4) is 0 Å². The highest BCUT2D eigenvalue weighted by atomic mass is 16.2. The highest BCUT2D eigenvalue weighted by Gasteiger charge is 2.32. The van der Waals surface area contributed by atoms with Crippen LogP contribution in [0.1, 0.15) is 40.2 Å². The topological polar surface area (TPSA) is 93.2 Å². The van der Waals surface area contributed by atoms with Gasteiger partial charge in [-0.3, -0.25) is 9.59 Å². The monoisotopic (exact) mass is 339 g/mol. The SMILES string of the molecule is NC(=O)c1cc(C(=O)N2CCC3CCC(C2)N3)nn1-c1ccccc1. The molecule has 2 amide bonds. The van der Waals surface area contributed by atoms with Crippen LogP contribution in [0.5, 0.6) is 0 Å². The van der Waals surface area contributed by atoms with Crippen LogP contribution in [0.4, 0.5) is 0 Å². The Morgan fingerprint density at radius 3 is 2.64 bits per heavy atom. The minimum Gasteiger partial charge on any atom is -0.364 e. The number of carbonyl (C=O) groups is 2.